The molecule has 0 aliphatic heterocycles. The lowest BCUT2D eigenvalue weighted by molar-refractivity contribution is 0.150. The van der Waals surface area contributed by atoms with E-state index in [2.05, 4.69) is 20.8 Å². The number of carboxylic acid groups (broad SMARTS) is 1. The first-order chi connectivity index (χ1) is 20.0. The summed E-state index contributed by atoms with van der Waals surface area (Å²) in [5.41, 5.74) is 0. The summed E-state index contributed by atoms with van der Waals surface area (Å²) in [5.74, 6) is 2.25. The van der Waals surface area contributed by atoms with E-state index in [0.717, 1.165) is 89.7 Å². The Kier molecular flexibility index (Phi) is 13.7. The molecule has 0 amide bonds. The molecular formula is C34H46O6S. The molecule has 0 spiro atoms. The van der Waals surface area contributed by atoms with Gasteiger partial charge in [0, 0.05) is 14.7 Å². The average molecular weight is 583 g/mol. The van der Waals surface area contributed by atoms with Crippen molar-refractivity contribution in [3.05, 3.63) is 72.8 Å². The number of ether oxygens (including phenoxy) is 3. The third-order valence-electron chi connectivity index (χ3n) is 6.71. The zero-order valence-electron chi connectivity index (χ0n) is 24.8. The van der Waals surface area contributed by atoms with Gasteiger partial charge in [-0.3, -0.25) is 0 Å². The van der Waals surface area contributed by atoms with Crippen molar-refractivity contribution in [3.63, 3.8) is 0 Å². The van der Waals surface area contributed by atoms with Crippen molar-refractivity contribution in [3.8, 4) is 17.2 Å². The molecule has 3 aromatic carbocycles. The van der Waals surface area contributed by atoms with Crippen molar-refractivity contribution in [2.45, 2.75) is 93.2 Å². The quantitative estimate of drug-likeness (QED) is 0.142. The summed E-state index contributed by atoms with van der Waals surface area (Å²) in [5, 5.41) is 10.0. The van der Waals surface area contributed by atoms with Crippen molar-refractivity contribution in [2.75, 3.05) is 19.8 Å². The lowest BCUT2D eigenvalue weighted by Crippen LogP contribution is -2.12. The SMILES string of the molecule is CCCCCOc1ccc(S(OC(=O)O)(c2ccc(OCCCCC)cc2)c2ccc(OCCCCC)cc2)cc1. The first-order valence-electron chi connectivity index (χ1n) is 15.0. The van der Waals surface area contributed by atoms with Crippen LogP contribution in [0.5, 0.6) is 17.2 Å². The van der Waals surface area contributed by atoms with Crippen molar-refractivity contribution in [2.24, 2.45) is 0 Å². The Balaban J connectivity index is 1.98. The highest BCUT2D eigenvalue weighted by atomic mass is 32.3. The normalized spacial score (nSPS) is 11.6. The molecule has 0 atom stereocenters. The van der Waals surface area contributed by atoms with Crippen LogP contribution in [0.3, 0.4) is 0 Å². The van der Waals surface area contributed by atoms with E-state index in [-0.39, 0.29) is 0 Å². The van der Waals surface area contributed by atoms with E-state index in [4.69, 9.17) is 18.4 Å². The van der Waals surface area contributed by atoms with Crippen LogP contribution in [0.1, 0.15) is 78.6 Å². The minimum Gasteiger partial charge on any atom is -0.494 e. The number of carbonyl (C=O) groups is 1. The second kappa shape index (κ2) is 17.5. The highest BCUT2D eigenvalue weighted by molar-refractivity contribution is 8.30. The third-order valence-corrected chi connectivity index (χ3v) is 9.91. The summed E-state index contributed by atoms with van der Waals surface area (Å²) in [6.45, 7) is 8.43. The zero-order valence-corrected chi connectivity index (χ0v) is 25.6. The Morgan fingerprint density at radius 2 is 0.829 bits per heavy atom. The molecule has 3 rings (SSSR count). The molecule has 0 unspecified atom stereocenters. The lowest BCUT2D eigenvalue weighted by atomic mass is 10.3. The maximum atomic E-state index is 12.3. The van der Waals surface area contributed by atoms with E-state index < -0.39 is 16.5 Å². The van der Waals surface area contributed by atoms with E-state index >= 15 is 0 Å². The fourth-order valence-electron chi connectivity index (χ4n) is 4.47. The van der Waals surface area contributed by atoms with Crippen molar-refractivity contribution in [1.29, 1.82) is 0 Å². The van der Waals surface area contributed by atoms with Crippen LogP contribution < -0.4 is 14.2 Å². The topological polar surface area (TPSA) is 74.2 Å². The van der Waals surface area contributed by atoms with Gasteiger partial charge in [-0.2, -0.15) is 0 Å². The number of rotatable bonds is 19. The average Bonchev–Trinajstić information content (AvgIpc) is 2.99. The van der Waals surface area contributed by atoms with Crippen molar-refractivity contribution >= 4 is 16.5 Å². The number of unbranched alkanes of at least 4 members (excludes halogenated alkanes) is 6. The molecule has 0 aliphatic rings. The van der Waals surface area contributed by atoms with Gasteiger partial charge in [-0.25, -0.2) is 4.79 Å². The molecule has 0 saturated carbocycles. The Bertz CT molecular complexity index is 1010. The van der Waals surface area contributed by atoms with E-state index in [9.17, 15) is 9.90 Å². The molecule has 6 nitrogen and oxygen atoms in total. The Morgan fingerprint density at radius 1 is 0.537 bits per heavy atom. The van der Waals surface area contributed by atoms with Crippen molar-refractivity contribution in [1.82, 2.24) is 0 Å². The summed E-state index contributed by atoms with van der Waals surface area (Å²) < 4.78 is 23.7. The van der Waals surface area contributed by atoms with E-state index in [1.807, 2.05) is 72.8 Å². The van der Waals surface area contributed by atoms with Crippen LogP contribution in [-0.2, 0) is 4.18 Å². The number of benzene rings is 3. The molecule has 0 aromatic heterocycles. The predicted octanol–water partition coefficient (Wildman–Crippen LogP) is 10.3. The van der Waals surface area contributed by atoms with E-state index in [0.29, 0.717) is 19.8 Å². The summed E-state index contributed by atoms with van der Waals surface area (Å²) in [6.07, 6.45) is 8.40. The van der Waals surface area contributed by atoms with Gasteiger partial charge in [0.15, 0.2) is 0 Å². The van der Waals surface area contributed by atoms with Crippen LogP contribution in [-0.4, -0.2) is 31.1 Å². The summed E-state index contributed by atoms with van der Waals surface area (Å²) in [6, 6.07) is 22.8. The fraction of sp³-hybridized carbons (Fsp3) is 0.441. The molecule has 224 valence electrons. The van der Waals surface area contributed by atoms with Gasteiger partial charge >= 0.3 is 6.16 Å². The highest BCUT2D eigenvalue weighted by Gasteiger charge is 2.36. The molecule has 3 aromatic rings. The molecule has 0 heterocycles. The Morgan fingerprint density at radius 3 is 1.07 bits per heavy atom. The van der Waals surface area contributed by atoms with Crippen LogP contribution >= 0.6 is 10.3 Å². The van der Waals surface area contributed by atoms with E-state index in [1.165, 1.54) is 0 Å². The van der Waals surface area contributed by atoms with Crippen LogP contribution in [0, 0.1) is 0 Å². The van der Waals surface area contributed by atoms with Gasteiger partial charge in [0.1, 0.15) is 17.2 Å². The highest BCUT2D eigenvalue weighted by Crippen LogP contribution is 2.69. The van der Waals surface area contributed by atoms with Gasteiger partial charge in [0.05, 0.1) is 19.8 Å². The molecule has 0 saturated heterocycles. The predicted molar refractivity (Wildman–Crippen MR) is 166 cm³/mol. The summed E-state index contributed by atoms with van der Waals surface area (Å²) in [7, 11) is -2.64. The zero-order chi connectivity index (χ0) is 29.3. The summed E-state index contributed by atoms with van der Waals surface area (Å²) in [4.78, 5) is 14.5. The molecule has 0 fully saturated rings. The number of hydrogen-bond acceptors (Lipinski definition) is 5. The van der Waals surface area contributed by atoms with Gasteiger partial charge in [-0.05, 0) is 102 Å². The minimum atomic E-state index is -2.64. The van der Waals surface area contributed by atoms with Crippen LogP contribution in [0.2, 0.25) is 0 Å². The molecule has 41 heavy (non-hydrogen) atoms. The molecule has 0 radical (unpaired) electrons. The lowest BCUT2D eigenvalue weighted by Gasteiger charge is -2.38. The second-order valence-electron chi connectivity index (χ2n) is 9.99. The number of hydrogen-bond donors (Lipinski definition) is 1. The van der Waals surface area contributed by atoms with Crippen LogP contribution in [0.25, 0.3) is 0 Å². The summed E-state index contributed by atoms with van der Waals surface area (Å²) >= 11 is 0. The maximum Gasteiger partial charge on any atom is 0.517 e. The maximum absolute atomic E-state index is 12.3. The monoisotopic (exact) mass is 582 g/mol. The van der Waals surface area contributed by atoms with Gasteiger partial charge in [-0.1, -0.05) is 59.3 Å². The molecule has 0 aliphatic carbocycles. The molecule has 0 bridgehead atoms. The van der Waals surface area contributed by atoms with Gasteiger partial charge < -0.3 is 23.5 Å². The molecule has 1 N–H and O–H groups in total. The third kappa shape index (κ3) is 9.63. The van der Waals surface area contributed by atoms with Crippen molar-refractivity contribution < 1.29 is 28.3 Å². The van der Waals surface area contributed by atoms with Gasteiger partial charge in [0.25, 0.3) is 0 Å². The van der Waals surface area contributed by atoms with Gasteiger partial charge in [0.2, 0.25) is 0 Å². The standard InChI is InChI=1S/C34H46O6S/c1-4-7-10-25-37-28-13-19-31(20-14-28)41(40-34(35)36,32-21-15-29(16-22-32)38-26-11-8-5-2)33-23-17-30(18-24-33)39-27-12-9-6-3/h13-24H,4-12,25-27H2,1-3H3,(H,35,36). The minimum absolute atomic E-state index is 0.649. The second-order valence-corrected chi connectivity index (χ2v) is 12.7. The molecule has 7 heteroatoms. The fourth-order valence-corrected chi connectivity index (χ4v) is 7.35. The first kappa shape index (κ1) is 32.2. The van der Waals surface area contributed by atoms with Gasteiger partial charge in [-0.15, -0.1) is 0 Å². The largest absolute Gasteiger partial charge is 0.517 e. The van der Waals surface area contributed by atoms with Crippen LogP contribution in [0.4, 0.5) is 4.79 Å². The Hall–Kier alpha value is -3.32. The van der Waals surface area contributed by atoms with E-state index in [1.54, 1.807) is 0 Å². The molecular weight excluding hydrogens is 536 g/mol. The van der Waals surface area contributed by atoms with Crippen LogP contribution in [0.15, 0.2) is 87.5 Å². The Labute approximate surface area is 247 Å². The smallest absolute Gasteiger partial charge is 0.494 e. The first-order valence-corrected chi connectivity index (χ1v) is 16.5.